The molecule has 0 saturated carbocycles. The third-order valence-electron chi connectivity index (χ3n) is 2.59. The van der Waals surface area contributed by atoms with E-state index in [4.69, 9.17) is 5.11 Å². The molecule has 98 valence electrons. The van der Waals surface area contributed by atoms with Crippen LogP contribution in [0.15, 0.2) is 30.3 Å². The lowest BCUT2D eigenvalue weighted by atomic mass is 10.0. The number of benzene rings is 1. The number of carboxylic acids is 1. The van der Waals surface area contributed by atoms with E-state index in [9.17, 15) is 14.7 Å². The monoisotopic (exact) mass is 251 g/mol. The Bertz CT molecular complexity index is 416. The first-order chi connectivity index (χ1) is 8.43. The highest BCUT2D eigenvalue weighted by atomic mass is 16.4. The summed E-state index contributed by atoms with van der Waals surface area (Å²) < 4.78 is 0. The molecule has 0 aliphatic heterocycles. The van der Waals surface area contributed by atoms with Crippen LogP contribution in [0.2, 0.25) is 0 Å². The smallest absolute Gasteiger partial charge is 0.326 e. The van der Waals surface area contributed by atoms with Gasteiger partial charge in [0.2, 0.25) is 0 Å². The van der Waals surface area contributed by atoms with Crippen LogP contribution >= 0.6 is 0 Å². The fourth-order valence-electron chi connectivity index (χ4n) is 1.53. The van der Waals surface area contributed by atoms with Gasteiger partial charge in [-0.15, -0.1) is 0 Å². The van der Waals surface area contributed by atoms with Crippen molar-refractivity contribution in [3.63, 3.8) is 0 Å². The second-order valence-corrected chi connectivity index (χ2v) is 4.38. The summed E-state index contributed by atoms with van der Waals surface area (Å²) in [7, 11) is 0. The fourth-order valence-corrected chi connectivity index (χ4v) is 1.53. The van der Waals surface area contributed by atoms with E-state index >= 15 is 0 Å². The number of nitrogens with one attached hydrogen (secondary N) is 1. The van der Waals surface area contributed by atoms with E-state index in [1.54, 1.807) is 44.2 Å². The maximum atomic E-state index is 11.7. The van der Waals surface area contributed by atoms with Gasteiger partial charge in [0.25, 0.3) is 5.91 Å². The molecule has 5 nitrogen and oxygen atoms in total. The maximum Gasteiger partial charge on any atom is 0.326 e. The number of aliphatic hydroxyl groups is 1. The molecule has 0 aliphatic carbocycles. The predicted molar refractivity (Wildman–Crippen MR) is 65.8 cm³/mol. The van der Waals surface area contributed by atoms with Crippen LogP contribution in [0.3, 0.4) is 0 Å². The minimum atomic E-state index is -1.35. The maximum absolute atomic E-state index is 11.7. The molecule has 1 rings (SSSR count). The summed E-state index contributed by atoms with van der Waals surface area (Å²) in [4.78, 5) is 22.7. The van der Waals surface area contributed by atoms with Crippen molar-refractivity contribution >= 4 is 11.9 Å². The first-order valence-corrected chi connectivity index (χ1v) is 5.69. The number of hydrogen-bond acceptors (Lipinski definition) is 3. The fraction of sp³-hybridized carbons (Fsp3) is 0.385. The molecule has 0 saturated heterocycles. The van der Waals surface area contributed by atoms with Gasteiger partial charge in [0.1, 0.15) is 6.04 Å². The van der Waals surface area contributed by atoms with Crippen molar-refractivity contribution in [3.8, 4) is 0 Å². The molecular formula is C13H17NO4. The molecule has 1 aromatic carbocycles. The molecule has 0 unspecified atom stereocenters. The summed E-state index contributed by atoms with van der Waals surface area (Å²) in [6, 6.07) is 7.37. The highest BCUT2D eigenvalue weighted by Crippen LogP contribution is 2.13. The summed E-state index contributed by atoms with van der Waals surface area (Å²) in [5, 5.41) is 21.1. The van der Waals surface area contributed by atoms with Crippen LogP contribution in [0.4, 0.5) is 0 Å². The van der Waals surface area contributed by atoms with Crippen molar-refractivity contribution in [1.29, 1.82) is 0 Å². The average Bonchev–Trinajstić information content (AvgIpc) is 2.35. The van der Waals surface area contributed by atoms with Crippen LogP contribution < -0.4 is 5.32 Å². The lowest BCUT2D eigenvalue weighted by Gasteiger charge is -2.20. The van der Waals surface area contributed by atoms with Crippen molar-refractivity contribution in [2.24, 2.45) is 5.92 Å². The second-order valence-electron chi connectivity index (χ2n) is 4.38. The van der Waals surface area contributed by atoms with Crippen LogP contribution in [0.25, 0.3) is 0 Å². The Morgan fingerprint density at radius 2 is 1.72 bits per heavy atom. The Morgan fingerprint density at radius 3 is 2.17 bits per heavy atom. The van der Waals surface area contributed by atoms with Gasteiger partial charge in [-0.1, -0.05) is 44.2 Å². The van der Waals surface area contributed by atoms with Gasteiger partial charge in [0.15, 0.2) is 6.10 Å². The molecule has 0 spiro atoms. The van der Waals surface area contributed by atoms with Crippen molar-refractivity contribution in [1.82, 2.24) is 5.32 Å². The van der Waals surface area contributed by atoms with Gasteiger partial charge < -0.3 is 15.5 Å². The van der Waals surface area contributed by atoms with E-state index in [0.29, 0.717) is 5.56 Å². The number of aliphatic carboxylic acids is 1. The first kappa shape index (κ1) is 14.2. The standard InChI is InChI=1S/C13H17NO4/c1-8(2)10(13(17)18)14-12(16)11(15)9-6-4-3-5-7-9/h3-8,10-11,15H,1-2H3,(H,14,16)(H,17,18)/t10-,11-/m0/s1. The number of aliphatic hydroxyl groups excluding tert-OH is 1. The van der Waals surface area contributed by atoms with Crippen LogP contribution in [0, 0.1) is 5.92 Å². The van der Waals surface area contributed by atoms with Gasteiger partial charge in [-0.2, -0.15) is 0 Å². The number of carboxylic acid groups (broad SMARTS) is 1. The topological polar surface area (TPSA) is 86.6 Å². The Balaban J connectivity index is 2.73. The highest BCUT2D eigenvalue weighted by molar-refractivity contribution is 5.87. The second kappa shape index (κ2) is 6.16. The van der Waals surface area contributed by atoms with E-state index in [1.807, 2.05) is 0 Å². The molecule has 0 bridgehead atoms. The Labute approximate surface area is 105 Å². The third-order valence-corrected chi connectivity index (χ3v) is 2.59. The van der Waals surface area contributed by atoms with E-state index in [-0.39, 0.29) is 5.92 Å². The van der Waals surface area contributed by atoms with Crippen LogP contribution in [-0.2, 0) is 9.59 Å². The molecule has 3 N–H and O–H groups in total. The third kappa shape index (κ3) is 3.56. The predicted octanol–water partition coefficient (Wildman–Crippen LogP) is 0.945. The van der Waals surface area contributed by atoms with Crippen LogP contribution in [-0.4, -0.2) is 28.1 Å². The number of rotatable bonds is 5. The minimum absolute atomic E-state index is 0.255. The van der Waals surface area contributed by atoms with Gasteiger partial charge in [0, 0.05) is 0 Å². The van der Waals surface area contributed by atoms with Crippen molar-refractivity contribution < 1.29 is 19.8 Å². The Kier molecular flexibility index (Phi) is 4.85. The van der Waals surface area contributed by atoms with Gasteiger partial charge in [-0.05, 0) is 11.5 Å². The molecule has 0 fully saturated rings. The van der Waals surface area contributed by atoms with Crippen molar-refractivity contribution in [2.75, 3.05) is 0 Å². The quantitative estimate of drug-likeness (QED) is 0.727. The SMILES string of the molecule is CC(C)[C@H](NC(=O)[C@@H](O)c1ccccc1)C(=O)O. The Morgan fingerprint density at radius 1 is 1.17 bits per heavy atom. The van der Waals surface area contributed by atoms with Crippen molar-refractivity contribution in [2.45, 2.75) is 26.0 Å². The molecule has 18 heavy (non-hydrogen) atoms. The zero-order valence-electron chi connectivity index (χ0n) is 10.3. The van der Waals surface area contributed by atoms with Crippen molar-refractivity contribution in [3.05, 3.63) is 35.9 Å². The zero-order valence-corrected chi connectivity index (χ0v) is 10.3. The molecule has 0 heterocycles. The average molecular weight is 251 g/mol. The molecule has 0 radical (unpaired) electrons. The number of amides is 1. The highest BCUT2D eigenvalue weighted by Gasteiger charge is 2.26. The molecule has 2 atom stereocenters. The van der Waals surface area contributed by atoms with Gasteiger partial charge in [-0.25, -0.2) is 4.79 Å². The zero-order chi connectivity index (χ0) is 13.7. The lowest BCUT2D eigenvalue weighted by molar-refractivity contribution is -0.144. The summed E-state index contributed by atoms with van der Waals surface area (Å²) in [6.07, 6.45) is -1.35. The van der Waals surface area contributed by atoms with E-state index in [0.717, 1.165) is 0 Å². The molecule has 0 aliphatic rings. The minimum Gasteiger partial charge on any atom is -0.480 e. The summed E-state index contributed by atoms with van der Waals surface area (Å²) in [5.74, 6) is -2.07. The summed E-state index contributed by atoms with van der Waals surface area (Å²) in [6.45, 7) is 3.38. The number of carbonyl (C=O) groups excluding carboxylic acids is 1. The Hall–Kier alpha value is -1.88. The van der Waals surface area contributed by atoms with E-state index in [2.05, 4.69) is 5.32 Å². The van der Waals surface area contributed by atoms with E-state index < -0.39 is 24.0 Å². The van der Waals surface area contributed by atoms with Gasteiger partial charge in [0.05, 0.1) is 0 Å². The molecule has 5 heteroatoms. The van der Waals surface area contributed by atoms with Crippen LogP contribution in [0.1, 0.15) is 25.5 Å². The molecule has 1 aromatic rings. The van der Waals surface area contributed by atoms with Gasteiger partial charge >= 0.3 is 5.97 Å². The first-order valence-electron chi connectivity index (χ1n) is 5.69. The van der Waals surface area contributed by atoms with Gasteiger partial charge in [-0.3, -0.25) is 4.79 Å². The largest absolute Gasteiger partial charge is 0.480 e. The number of carbonyl (C=O) groups is 2. The summed E-state index contributed by atoms with van der Waals surface area (Å²) in [5.41, 5.74) is 0.433. The van der Waals surface area contributed by atoms with Crippen LogP contribution in [0.5, 0.6) is 0 Å². The normalized spacial score (nSPS) is 14.0. The molecular weight excluding hydrogens is 234 g/mol. The lowest BCUT2D eigenvalue weighted by Crippen LogP contribution is -2.46. The molecule has 1 amide bonds. The number of hydrogen-bond donors (Lipinski definition) is 3. The molecule has 0 aromatic heterocycles. The van der Waals surface area contributed by atoms with E-state index in [1.165, 1.54) is 0 Å². The summed E-state index contributed by atoms with van der Waals surface area (Å²) >= 11 is 0.